The van der Waals surface area contributed by atoms with E-state index in [0.29, 0.717) is 25.7 Å². The van der Waals surface area contributed by atoms with Gasteiger partial charge in [-0.25, -0.2) is 0 Å². The van der Waals surface area contributed by atoms with Gasteiger partial charge in [0.05, 0.1) is 6.10 Å². The van der Waals surface area contributed by atoms with Gasteiger partial charge in [-0.1, -0.05) is 13.8 Å². The molecule has 0 heterocycles. The first kappa shape index (κ1) is 13.8. The van der Waals surface area contributed by atoms with Crippen molar-refractivity contribution in [3.05, 3.63) is 0 Å². The van der Waals surface area contributed by atoms with Crippen LogP contribution in [0.25, 0.3) is 0 Å². The van der Waals surface area contributed by atoms with Crippen LogP contribution in [-0.4, -0.2) is 20.0 Å². The summed E-state index contributed by atoms with van der Waals surface area (Å²) in [6, 6.07) is 0. The first-order valence-corrected chi connectivity index (χ1v) is 6.44. The molecule has 7 heteroatoms. The van der Waals surface area contributed by atoms with Crippen LogP contribution in [0, 0.1) is 5.41 Å². The van der Waals surface area contributed by atoms with Gasteiger partial charge < -0.3 is 0 Å². The Hall–Kier alpha value is -0.300. The molecule has 0 amide bonds. The standard InChI is InChI=1S/C9H15F3O3S/c1-8(2)5-3-7(4-6-8)15-16(13,14)9(10,11)12/h7H,3-6H2,1-2H3. The second kappa shape index (κ2) is 4.18. The van der Waals surface area contributed by atoms with Crippen molar-refractivity contribution in [2.45, 2.75) is 51.1 Å². The van der Waals surface area contributed by atoms with E-state index in [1.54, 1.807) is 0 Å². The highest BCUT2D eigenvalue weighted by Crippen LogP contribution is 2.38. The zero-order valence-electron chi connectivity index (χ0n) is 9.17. The van der Waals surface area contributed by atoms with Gasteiger partial charge in [-0.2, -0.15) is 21.6 Å². The summed E-state index contributed by atoms with van der Waals surface area (Å²) in [5.41, 5.74) is -5.26. The van der Waals surface area contributed by atoms with Crippen molar-refractivity contribution in [2.24, 2.45) is 5.41 Å². The van der Waals surface area contributed by atoms with Crippen LogP contribution < -0.4 is 0 Å². The maximum atomic E-state index is 12.0. The van der Waals surface area contributed by atoms with Gasteiger partial charge >= 0.3 is 15.6 Å². The molecule has 0 unspecified atom stereocenters. The van der Waals surface area contributed by atoms with Crippen molar-refractivity contribution in [1.29, 1.82) is 0 Å². The molecule has 3 nitrogen and oxygen atoms in total. The van der Waals surface area contributed by atoms with Crippen LogP contribution in [0.4, 0.5) is 13.2 Å². The fraction of sp³-hybridized carbons (Fsp3) is 1.00. The van der Waals surface area contributed by atoms with Gasteiger partial charge in [-0.05, 0) is 31.1 Å². The van der Waals surface area contributed by atoms with Crippen molar-refractivity contribution in [2.75, 3.05) is 0 Å². The molecule has 1 aliphatic carbocycles. The molecule has 1 aliphatic rings. The predicted molar refractivity (Wildman–Crippen MR) is 52.1 cm³/mol. The zero-order valence-corrected chi connectivity index (χ0v) is 9.99. The fourth-order valence-corrected chi connectivity index (χ4v) is 2.36. The van der Waals surface area contributed by atoms with Crippen LogP contribution in [0.1, 0.15) is 39.5 Å². The SMILES string of the molecule is CC1(C)CCC(OS(=O)(=O)C(F)(F)F)CC1. The molecule has 1 fully saturated rings. The highest BCUT2D eigenvalue weighted by molar-refractivity contribution is 7.87. The molecule has 0 saturated heterocycles. The van der Waals surface area contributed by atoms with E-state index in [2.05, 4.69) is 4.18 Å². The van der Waals surface area contributed by atoms with Crippen LogP contribution >= 0.6 is 0 Å². The van der Waals surface area contributed by atoms with Gasteiger partial charge in [-0.15, -0.1) is 0 Å². The lowest BCUT2D eigenvalue weighted by Crippen LogP contribution is -2.33. The Bertz CT molecular complexity index is 336. The second-order valence-corrected chi connectivity index (χ2v) is 6.42. The Morgan fingerprint density at radius 2 is 1.62 bits per heavy atom. The Balaban J connectivity index is 2.59. The maximum Gasteiger partial charge on any atom is 0.523 e. The van der Waals surface area contributed by atoms with Crippen molar-refractivity contribution < 1.29 is 25.8 Å². The average molecular weight is 260 g/mol. The largest absolute Gasteiger partial charge is 0.523 e. The van der Waals surface area contributed by atoms with Crippen LogP contribution in [0.2, 0.25) is 0 Å². The lowest BCUT2D eigenvalue weighted by atomic mass is 9.76. The van der Waals surface area contributed by atoms with Crippen molar-refractivity contribution in [1.82, 2.24) is 0 Å². The van der Waals surface area contributed by atoms with Crippen molar-refractivity contribution in [3.8, 4) is 0 Å². The van der Waals surface area contributed by atoms with Crippen molar-refractivity contribution >= 4 is 10.1 Å². The van der Waals surface area contributed by atoms with E-state index in [1.807, 2.05) is 13.8 Å². The van der Waals surface area contributed by atoms with E-state index < -0.39 is 21.7 Å². The quantitative estimate of drug-likeness (QED) is 0.566. The highest BCUT2D eigenvalue weighted by Gasteiger charge is 2.49. The Morgan fingerprint density at radius 3 is 2.00 bits per heavy atom. The number of hydrogen-bond acceptors (Lipinski definition) is 3. The molecular formula is C9H15F3O3S. The summed E-state index contributed by atoms with van der Waals surface area (Å²) in [4.78, 5) is 0. The molecular weight excluding hydrogens is 245 g/mol. The van der Waals surface area contributed by atoms with E-state index in [0.717, 1.165) is 0 Å². The fourth-order valence-electron chi connectivity index (χ4n) is 1.70. The molecule has 1 rings (SSSR count). The molecule has 1 saturated carbocycles. The number of hydrogen-bond donors (Lipinski definition) is 0. The molecule has 0 aromatic rings. The minimum atomic E-state index is -5.43. The van der Waals surface area contributed by atoms with Gasteiger partial charge in [0.2, 0.25) is 0 Å². The molecule has 0 aromatic carbocycles. The van der Waals surface area contributed by atoms with Crippen LogP contribution in [0.3, 0.4) is 0 Å². The Labute approximate surface area is 93.1 Å². The topological polar surface area (TPSA) is 43.4 Å². The van der Waals surface area contributed by atoms with Gasteiger partial charge in [0.1, 0.15) is 0 Å². The molecule has 0 bridgehead atoms. The summed E-state index contributed by atoms with van der Waals surface area (Å²) in [5.74, 6) is 0. The molecule has 0 N–H and O–H groups in total. The predicted octanol–water partition coefficient (Wildman–Crippen LogP) is 2.82. The summed E-state index contributed by atoms with van der Waals surface area (Å²) < 4.78 is 61.7. The van der Waals surface area contributed by atoms with E-state index in [1.165, 1.54) is 0 Å². The maximum absolute atomic E-state index is 12.0. The van der Waals surface area contributed by atoms with E-state index in [-0.39, 0.29) is 5.41 Å². The zero-order chi connectivity index (χ0) is 12.6. The first-order chi connectivity index (χ1) is 7.04. The Kier molecular flexibility index (Phi) is 3.59. The average Bonchev–Trinajstić information content (AvgIpc) is 2.06. The smallest absolute Gasteiger partial charge is 0.260 e. The number of rotatable bonds is 2. The van der Waals surface area contributed by atoms with E-state index >= 15 is 0 Å². The summed E-state index contributed by atoms with van der Waals surface area (Å²) >= 11 is 0. The second-order valence-electron chi connectivity index (χ2n) is 4.86. The molecule has 0 aromatic heterocycles. The number of alkyl halides is 3. The summed E-state index contributed by atoms with van der Waals surface area (Å²) in [6.45, 7) is 4.00. The third-order valence-electron chi connectivity index (χ3n) is 2.83. The summed E-state index contributed by atoms with van der Waals surface area (Å²) in [5, 5.41) is 0. The van der Waals surface area contributed by atoms with Gasteiger partial charge in [0.25, 0.3) is 0 Å². The lowest BCUT2D eigenvalue weighted by Gasteiger charge is -2.33. The molecule has 96 valence electrons. The molecule has 0 aliphatic heterocycles. The minimum absolute atomic E-state index is 0.0574. The lowest BCUT2D eigenvalue weighted by molar-refractivity contribution is -0.0596. The van der Waals surface area contributed by atoms with Crippen LogP contribution in [0.5, 0.6) is 0 Å². The first-order valence-electron chi connectivity index (χ1n) is 5.03. The summed E-state index contributed by atoms with van der Waals surface area (Å²) in [6.07, 6.45) is 1.21. The Morgan fingerprint density at radius 1 is 1.19 bits per heavy atom. The summed E-state index contributed by atoms with van der Waals surface area (Å²) in [7, 11) is -5.43. The number of halogens is 3. The third kappa shape index (κ3) is 3.35. The highest BCUT2D eigenvalue weighted by atomic mass is 32.2. The minimum Gasteiger partial charge on any atom is -0.260 e. The van der Waals surface area contributed by atoms with Crippen LogP contribution in [-0.2, 0) is 14.3 Å². The van der Waals surface area contributed by atoms with Gasteiger partial charge in [0.15, 0.2) is 0 Å². The van der Waals surface area contributed by atoms with Gasteiger partial charge in [-0.3, -0.25) is 4.18 Å². The molecule has 0 radical (unpaired) electrons. The van der Waals surface area contributed by atoms with E-state index in [4.69, 9.17) is 0 Å². The van der Waals surface area contributed by atoms with Gasteiger partial charge in [0, 0.05) is 0 Å². The molecule has 0 spiro atoms. The van der Waals surface area contributed by atoms with Crippen LogP contribution in [0.15, 0.2) is 0 Å². The molecule has 0 atom stereocenters. The van der Waals surface area contributed by atoms with Crippen molar-refractivity contribution in [3.63, 3.8) is 0 Å². The molecule has 16 heavy (non-hydrogen) atoms. The normalized spacial score (nSPS) is 23.3. The monoisotopic (exact) mass is 260 g/mol. The third-order valence-corrected chi connectivity index (χ3v) is 3.92. The van der Waals surface area contributed by atoms with E-state index in [9.17, 15) is 21.6 Å².